The first-order chi connectivity index (χ1) is 8.90. The Kier molecular flexibility index (Phi) is 3.73. The summed E-state index contributed by atoms with van der Waals surface area (Å²) >= 11 is 5.77. The van der Waals surface area contributed by atoms with Gasteiger partial charge in [-0.15, -0.1) is 0 Å². The molecular weight excluding hydrogens is 277 g/mol. The maximum atomic E-state index is 12.9. The number of hydrogen-bond acceptors (Lipinski definition) is 3. The van der Waals surface area contributed by atoms with E-state index < -0.39 is 29.8 Å². The normalized spacial score (nSPS) is 22.6. The molecule has 5 nitrogen and oxygen atoms in total. The molecule has 1 aromatic rings. The quantitative estimate of drug-likeness (QED) is 0.855. The molecule has 0 aliphatic carbocycles. The zero-order chi connectivity index (χ0) is 14.2. The Morgan fingerprint density at radius 2 is 2.11 bits per heavy atom. The molecule has 2 N–H and O–H groups in total. The number of carboxylic acids is 1. The van der Waals surface area contributed by atoms with E-state index in [1.165, 1.54) is 6.07 Å². The first-order valence-electron chi connectivity index (χ1n) is 5.57. The molecule has 0 saturated carbocycles. The SMILES string of the molecule is O=C(O)[C@H]1C[C@@H](O)CN1C(=O)c1ccc(F)cc1Cl. The Labute approximate surface area is 113 Å². The Balaban J connectivity index is 2.30. The molecule has 102 valence electrons. The summed E-state index contributed by atoms with van der Waals surface area (Å²) < 4.78 is 12.9. The number of rotatable bonds is 2. The second-order valence-electron chi connectivity index (χ2n) is 4.33. The van der Waals surface area contributed by atoms with Gasteiger partial charge in [-0.3, -0.25) is 4.79 Å². The lowest BCUT2D eigenvalue weighted by Crippen LogP contribution is -2.40. The molecule has 0 aromatic heterocycles. The van der Waals surface area contributed by atoms with Gasteiger partial charge in [0.1, 0.15) is 11.9 Å². The highest BCUT2D eigenvalue weighted by Gasteiger charge is 2.39. The predicted molar refractivity (Wildman–Crippen MR) is 64.5 cm³/mol. The van der Waals surface area contributed by atoms with Crippen LogP contribution < -0.4 is 0 Å². The Hall–Kier alpha value is -1.66. The van der Waals surface area contributed by atoms with Gasteiger partial charge < -0.3 is 15.1 Å². The number of hydrogen-bond donors (Lipinski definition) is 2. The fourth-order valence-electron chi connectivity index (χ4n) is 2.09. The van der Waals surface area contributed by atoms with Gasteiger partial charge in [0, 0.05) is 13.0 Å². The van der Waals surface area contributed by atoms with Crippen molar-refractivity contribution in [1.82, 2.24) is 4.90 Å². The molecule has 1 fully saturated rings. The number of aliphatic hydroxyl groups excluding tert-OH is 1. The lowest BCUT2D eigenvalue weighted by atomic mass is 10.1. The van der Waals surface area contributed by atoms with Crippen molar-refractivity contribution < 1.29 is 24.2 Å². The second kappa shape index (κ2) is 5.14. The van der Waals surface area contributed by atoms with E-state index >= 15 is 0 Å². The maximum absolute atomic E-state index is 12.9. The van der Waals surface area contributed by atoms with E-state index in [1.807, 2.05) is 0 Å². The molecule has 0 unspecified atom stereocenters. The fourth-order valence-corrected chi connectivity index (χ4v) is 2.34. The molecule has 19 heavy (non-hydrogen) atoms. The number of aliphatic hydroxyl groups is 1. The van der Waals surface area contributed by atoms with Crippen molar-refractivity contribution in [3.8, 4) is 0 Å². The molecule has 1 heterocycles. The third kappa shape index (κ3) is 2.69. The van der Waals surface area contributed by atoms with Crippen molar-refractivity contribution in [3.05, 3.63) is 34.6 Å². The summed E-state index contributed by atoms with van der Waals surface area (Å²) in [7, 11) is 0. The van der Waals surface area contributed by atoms with Gasteiger partial charge in [0.25, 0.3) is 5.91 Å². The summed E-state index contributed by atoms with van der Waals surface area (Å²) in [4.78, 5) is 24.3. The van der Waals surface area contributed by atoms with Crippen LogP contribution in [0, 0.1) is 5.82 Å². The van der Waals surface area contributed by atoms with E-state index in [0.29, 0.717) is 0 Å². The first-order valence-corrected chi connectivity index (χ1v) is 5.95. The van der Waals surface area contributed by atoms with Crippen molar-refractivity contribution in [2.24, 2.45) is 0 Å². The number of likely N-dealkylation sites (tertiary alicyclic amines) is 1. The zero-order valence-corrected chi connectivity index (χ0v) is 10.5. The third-order valence-corrected chi connectivity index (χ3v) is 3.30. The highest BCUT2D eigenvalue weighted by atomic mass is 35.5. The fraction of sp³-hybridized carbons (Fsp3) is 0.333. The predicted octanol–water partition coefficient (Wildman–Crippen LogP) is 1.14. The molecule has 0 radical (unpaired) electrons. The van der Waals surface area contributed by atoms with Crippen LogP contribution in [0.4, 0.5) is 4.39 Å². The minimum atomic E-state index is -1.19. The molecule has 1 aliphatic rings. The number of carboxylic acid groups (broad SMARTS) is 1. The van der Waals surface area contributed by atoms with Crippen LogP contribution in [-0.4, -0.2) is 45.7 Å². The van der Waals surface area contributed by atoms with E-state index in [2.05, 4.69) is 0 Å². The molecule has 0 spiro atoms. The minimum absolute atomic E-state index is 0.0171. The van der Waals surface area contributed by atoms with Gasteiger partial charge in [0.05, 0.1) is 16.7 Å². The van der Waals surface area contributed by atoms with E-state index in [9.17, 15) is 19.1 Å². The van der Waals surface area contributed by atoms with Gasteiger partial charge >= 0.3 is 5.97 Å². The minimum Gasteiger partial charge on any atom is -0.480 e. The van der Waals surface area contributed by atoms with Gasteiger partial charge in [0.2, 0.25) is 0 Å². The van der Waals surface area contributed by atoms with Crippen molar-refractivity contribution >= 4 is 23.5 Å². The van der Waals surface area contributed by atoms with Crippen molar-refractivity contribution in [3.63, 3.8) is 0 Å². The number of β-amino-alcohol motifs (C(OH)–C–C–N with tert-alkyl or cyclic N) is 1. The molecule has 1 aliphatic heterocycles. The summed E-state index contributed by atoms with van der Waals surface area (Å²) in [6, 6.07) is 2.16. The van der Waals surface area contributed by atoms with Crippen LogP contribution in [0.2, 0.25) is 5.02 Å². The largest absolute Gasteiger partial charge is 0.480 e. The highest BCUT2D eigenvalue weighted by molar-refractivity contribution is 6.33. The monoisotopic (exact) mass is 287 g/mol. The number of carbonyl (C=O) groups is 2. The molecule has 0 bridgehead atoms. The standard InChI is InChI=1S/C12H11ClFNO4/c13-9-3-6(14)1-2-8(9)11(17)15-5-7(16)4-10(15)12(18)19/h1-3,7,10,16H,4-5H2,(H,18,19)/t7-,10-/m1/s1. The van der Waals surface area contributed by atoms with E-state index in [1.54, 1.807) is 0 Å². The van der Waals surface area contributed by atoms with Crippen LogP contribution in [0.3, 0.4) is 0 Å². The maximum Gasteiger partial charge on any atom is 0.326 e. The molecule has 1 aromatic carbocycles. The smallest absolute Gasteiger partial charge is 0.326 e. The summed E-state index contributed by atoms with van der Waals surface area (Å²) in [5, 5.41) is 18.4. The van der Waals surface area contributed by atoms with Crippen molar-refractivity contribution in [2.45, 2.75) is 18.6 Å². The van der Waals surface area contributed by atoms with Crippen LogP contribution in [0.1, 0.15) is 16.8 Å². The van der Waals surface area contributed by atoms with Crippen LogP contribution in [0.5, 0.6) is 0 Å². The lowest BCUT2D eigenvalue weighted by molar-refractivity contribution is -0.141. The van der Waals surface area contributed by atoms with E-state index in [-0.39, 0.29) is 23.6 Å². The second-order valence-corrected chi connectivity index (χ2v) is 4.73. The molecule has 1 amide bonds. The number of amides is 1. The molecule has 2 atom stereocenters. The van der Waals surface area contributed by atoms with Gasteiger partial charge in [0.15, 0.2) is 0 Å². The lowest BCUT2D eigenvalue weighted by Gasteiger charge is -2.21. The number of benzene rings is 1. The van der Waals surface area contributed by atoms with Crippen molar-refractivity contribution in [2.75, 3.05) is 6.54 Å². The number of carbonyl (C=O) groups excluding carboxylic acids is 1. The summed E-state index contributed by atoms with van der Waals surface area (Å²) in [5.74, 6) is -2.41. The van der Waals surface area contributed by atoms with Crippen LogP contribution in [-0.2, 0) is 4.79 Å². The van der Waals surface area contributed by atoms with Gasteiger partial charge in [-0.05, 0) is 18.2 Å². The third-order valence-electron chi connectivity index (χ3n) is 2.99. The van der Waals surface area contributed by atoms with Crippen LogP contribution >= 0.6 is 11.6 Å². The first kappa shape index (κ1) is 13.8. The van der Waals surface area contributed by atoms with Gasteiger partial charge in [-0.1, -0.05) is 11.6 Å². The van der Waals surface area contributed by atoms with Crippen LogP contribution in [0.15, 0.2) is 18.2 Å². The molecule has 2 rings (SSSR count). The zero-order valence-electron chi connectivity index (χ0n) is 9.72. The average Bonchev–Trinajstić information content (AvgIpc) is 2.70. The summed E-state index contributed by atoms with van der Waals surface area (Å²) in [6.45, 7) is -0.0799. The summed E-state index contributed by atoms with van der Waals surface area (Å²) in [5.41, 5.74) is 0.0171. The highest BCUT2D eigenvalue weighted by Crippen LogP contribution is 2.24. The Bertz CT molecular complexity index is 536. The van der Waals surface area contributed by atoms with E-state index in [4.69, 9.17) is 16.7 Å². The molecular formula is C12H11ClFNO4. The Morgan fingerprint density at radius 3 is 2.68 bits per heavy atom. The number of aliphatic carboxylic acids is 1. The van der Waals surface area contributed by atoms with Crippen molar-refractivity contribution in [1.29, 1.82) is 0 Å². The van der Waals surface area contributed by atoms with Gasteiger partial charge in [-0.25, -0.2) is 9.18 Å². The number of nitrogens with zero attached hydrogens (tertiary/aromatic N) is 1. The van der Waals surface area contributed by atoms with E-state index in [0.717, 1.165) is 17.0 Å². The molecule has 1 saturated heterocycles. The number of halogens is 2. The van der Waals surface area contributed by atoms with Crippen LogP contribution in [0.25, 0.3) is 0 Å². The Morgan fingerprint density at radius 1 is 1.42 bits per heavy atom. The molecule has 7 heteroatoms. The van der Waals surface area contributed by atoms with Gasteiger partial charge in [-0.2, -0.15) is 0 Å². The topological polar surface area (TPSA) is 77.8 Å². The summed E-state index contributed by atoms with van der Waals surface area (Å²) in [6.07, 6.45) is -0.913. The average molecular weight is 288 g/mol.